The Hall–Kier alpha value is -1.36. The lowest BCUT2D eigenvalue weighted by Gasteiger charge is -2.24. The number of hydrogen-bond acceptors (Lipinski definition) is 3. The summed E-state index contributed by atoms with van der Waals surface area (Å²) >= 11 is 0. The van der Waals surface area contributed by atoms with Crippen LogP contribution >= 0.6 is 0 Å². The SMILES string of the molecule is O=C(CCN1CCCCCCC1)NCCc1cnc[nH]1. The summed E-state index contributed by atoms with van der Waals surface area (Å²) in [5.74, 6) is 0.159. The van der Waals surface area contributed by atoms with Gasteiger partial charge in [-0.1, -0.05) is 19.3 Å². The van der Waals surface area contributed by atoms with Crippen LogP contribution < -0.4 is 5.32 Å². The largest absolute Gasteiger partial charge is 0.356 e. The third-order valence-electron chi connectivity index (χ3n) is 3.88. The topological polar surface area (TPSA) is 61.0 Å². The summed E-state index contributed by atoms with van der Waals surface area (Å²) < 4.78 is 0. The number of carbonyl (C=O) groups excluding carboxylic acids is 1. The molecule has 1 aromatic heterocycles. The smallest absolute Gasteiger partial charge is 0.221 e. The molecule has 1 amide bonds. The number of aromatic amines is 1. The van der Waals surface area contributed by atoms with Crippen LogP contribution in [0.5, 0.6) is 0 Å². The first-order valence-corrected chi connectivity index (χ1v) is 7.81. The quantitative estimate of drug-likeness (QED) is 0.833. The van der Waals surface area contributed by atoms with Crippen LogP contribution in [0, 0.1) is 0 Å². The molecular formula is C15H26N4O. The Bertz CT molecular complexity index is 369. The molecule has 2 rings (SSSR count). The van der Waals surface area contributed by atoms with Gasteiger partial charge in [-0.25, -0.2) is 4.98 Å². The molecular weight excluding hydrogens is 252 g/mol. The number of H-pyrrole nitrogens is 1. The fraction of sp³-hybridized carbons (Fsp3) is 0.733. The van der Waals surface area contributed by atoms with Gasteiger partial charge in [-0.2, -0.15) is 0 Å². The van der Waals surface area contributed by atoms with Crippen molar-refractivity contribution in [3.8, 4) is 0 Å². The Morgan fingerprint density at radius 3 is 2.70 bits per heavy atom. The normalized spacial score (nSPS) is 17.4. The maximum absolute atomic E-state index is 11.8. The van der Waals surface area contributed by atoms with Crippen molar-refractivity contribution in [3.05, 3.63) is 18.2 Å². The second-order valence-electron chi connectivity index (χ2n) is 5.54. The number of amides is 1. The zero-order chi connectivity index (χ0) is 14.0. The van der Waals surface area contributed by atoms with E-state index in [9.17, 15) is 4.79 Å². The lowest BCUT2D eigenvalue weighted by molar-refractivity contribution is -0.121. The minimum Gasteiger partial charge on any atom is -0.356 e. The van der Waals surface area contributed by atoms with Crippen LogP contribution in [0.25, 0.3) is 0 Å². The number of aromatic nitrogens is 2. The van der Waals surface area contributed by atoms with Gasteiger partial charge in [0.1, 0.15) is 0 Å². The van der Waals surface area contributed by atoms with Gasteiger partial charge in [0.2, 0.25) is 5.91 Å². The number of carbonyl (C=O) groups is 1. The second-order valence-corrected chi connectivity index (χ2v) is 5.54. The highest BCUT2D eigenvalue weighted by Crippen LogP contribution is 2.10. The summed E-state index contributed by atoms with van der Waals surface area (Å²) in [5.41, 5.74) is 1.06. The minimum absolute atomic E-state index is 0.159. The number of nitrogens with one attached hydrogen (secondary N) is 2. The van der Waals surface area contributed by atoms with Gasteiger partial charge in [0.05, 0.1) is 6.33 Å². The van der Waals surface area contributed by atoms with Gasteiger partial charge < -0.3 is 15.2 Å². The molecule has 0 saturated carbocycles. The van der Waals surface area contributed by atoms with Crippen molar-refractivity contribution >= 4 is 5.91 Å². The lowest BCUT2D eigenvalue weighted by Crippen LogP contribution is -2.33. The van der Waals surface area contributed by atoms with E-state index < -0.39 is 0 Å². The molecule has 5 heteroatoms. The average Bonchev–Trinajstić information content (AvgIpc) is 2.90. The molecule has 0 unspecified atom stereocenters. The van der Waals surface area contributed by atoms with E-state index >= 15 is 0 Å². The number of rotatable bonds is 6. The van der Waals surface area contributed by atoms with Crippen molar-refractivity contribution in [1.82, 2.24) is 20.2 Å². The van der Waals surface area contributed by atoms with Crippen LogP contribution in [0.4, 0.5) is 0 Å². The van der Waals surface area contributed by atoms with Crippen LogP contribution in [-0.4, -0.2) is 47.0 Å². The Morgan fingerprint density at radius 1 is 1.25 bits per heavy atom. The molecule has 1 aromatic rings. The van der Waals surface area contributed by atoms with Crippen LogP contribution in [0.15, 0.2) is 12.5 Å². The molecule has 0 spiro atoms. The summed E-state index contributed by atoms with van der Waals surface area (Å²) in [7, 11) is 0. The Balaban J connectivity index is 1.56. The number of imidazole rings is 1. The minimum atomic E-state index is 0.159. The summed E-state index contributed by atoms with van der Waals surface area (Å²) in [4.78, 5) is 21.2. The molecule has 0 radical (unpaired) electrons. The third-order valence-corrected chi connectivity index (χ3v) is 3.88. The van der Waals surface area contributed by atoms with E-state index in [0.717, 1.165) is 31.7 Å². The predicted octanol–water partition coefficient (Wildman–Crippen LogP) is 1.72. The van der Waals surface area contributed by atoms with Crippen LogP contribution in [0.3, 0.4) is 0 Å². The summed E-state index contributed by atoms with van der Waals surface area (Å²) in [5, 5.41) is 2.98. The first-order chi connectivity index (χ1) is 9.84. The van der Waals surface area contributed by atoms with Crippen molar-refractivity contribution in [2.45, 2.75) is 44.9 Å². The van der Waals surface area contributed by atoms with Gasteiger partial charge in [-0.3, -0.25) is 4.79 Å². The molecule has 0 aromatic carbocycles. The maximum Gasteiger partial charge on any atom is 0.221 e. The molecule has 5 nitrogen and oxygen atoms in total. The summed E-state index contributed by atoms with van der Waals surface area (Å²) in [6.07, 6.45) is 11.5. The van der Waals surface area contributed by atoms with Crippen molar-refractivity contribution < 1.29 is 4.79 Å². The third kappa shape index (κ3) is 5.74. The van der Waals surface area contributed by atoms with Crippen LogP contribution in [0.1, 0.15) is 44.2 Å². The highest BCUT2D eigenvalue weighted by Gasteiger charge is 2.10. The van der Waals surface area contributed by atoms with Gasteiger partial charge in [0, 0.05) is 37.8 Å². The fourth-order valence-corrected chi connectivity index (χ4v) is 2.64. The molecule has 1 fully saturated rings. The van der Waals surface area contributed by atoms with E-state index in [2.05, 4.69) is 20.2 Å². The standard InChI is InChI=1S/C15H26N4O/c20-15(17-8-6-14-12-16-13-18-14)7-11-19-9-4-2-1-3-5-10-19/h12-13H,1-11H2,(H,16,18)(H,17,20). The number of likely N-dealkylation sites (tertiary alicyclic amines) is 1. The highest BCUT2D eigenvalue weighted by molar-refractivity contribution is 5.76. The zero-order valence-corrected chi connectivity index (χ0v) is 12.2. The van der Waals surface area contributed by atoms with E-state index in [4.69, 9.17) is 0 Å². The van der Waals surface area contributed by atoms with Crippen LogP contribution in [-0.2, 0) is 11.2 Å². The Labute approximate surface area is 121 Å². The number of nitrogens with zero attached hydrogens (tertiary/aromatic N) is 2. The predicted molar refractivity (Wildman–Crippen MR) is 79.4 cm³/mol. The van der Waals surface area contributed by atoms with E-state index in [1.165, 1.54) is 32.1 Å². The number of hydrogen-bond donors (Lipinski definition) is 2. The van der Waals surface area contributed by atoms with Crippen molar-refractivity contribution in [3.63, 3.8) is 0 Å². The lowest BCUT2D eigenvalue weighted by atomic mass is 10.1. The van der Waals surface area contributed by atoms with Gasteiger partial charge >= 0.3 is 0 Å². The molecule has 1 aliphatic rings. The Morgan fingerprint density at radius 2 is 2.00 bits per heavy atom. The molecule has 2 heterocycles. The molecule has 2 N–H and O–H groups in total. The summed E-state index contributed by atoms with van der Waals surface area (Å²) in [6.45, 7) is 3.89. The van der Waals surface area contributed by atoms with Gasteiger partial charge in [-0.15, -0.1) is 0 Å². The Kier molecular flexibility index (Phi) is 6.57. The van der Waals surface area contributed by atoms with Crippen LogP contribution in [0.2, 0.25) is 0 Å². The molecule has 0 aliphatic carbocycles. The molecule has 1 saturated heterocycles. The van der Waals surface area contributed by atoms with Gasteiger partial charge in [0.25, 0.3) is 0 Å². The monoisotopic (exact) mass is 278 g/mol. The van der Waals surface area contributed by atoms with E-state index in [0.29, 0.717) is 13.0 Å². The van der Waals surface area contributed by atoms with E-state index in [-0.39, 0.29) is 5.91 Å². The van der Waals surface area contributed by atoms with Crippen molar-refractivity contribution in [1.29, 1.82) is 0 Å². The van der Waals surface area contributed by atoms with Crippen molar-refractivity contribution in [2.24, 2.45) is 0 Å². The second kappa shape index (κ2) is 8.74. The van der Waals surface area contributed by atoms with E-state index in [1.54, 1.807) is 12.5 Å². The maximum atomic E-state index is 11.8. The summed E-state index contributed by atoms with van der Waals surface area (Å²) in [6, 6.07) is 0. The molecule has 20 heavy (non-hydrogen) atoms. The molecule has 0 atom stereocenters. The van der Waals surface area contributed by atoms with Gasteiger partial charge in [0.15, 0.2) is 0 Å². The highest BCUT2D eigenvalue weighted by atomic mass is 16.1. The zero-order valence-electron chi connectivity index (χ0n) is 12.2. The van der Waals surface area contributed by atoms with E-state index in [1.807, 2.05) is 0 Å². The first kappa shape index (κ1) is 15.0. The average molecular weight is 278 g/mol. The fourth-order valence-electron chi connectivity index (χ4n) is 2.64. The molecule has 112 valence electrons. The first-order valence-electron chi connectivity index (χ1n) is 7.81. The van der Waals surface area contributed by atoms with Crippen molar-refractivity contribution in [2.75, 3.05) is 26.2 Å². The molecule has 0 bridgehead atoms. The molecule has 1 aliphatic heterocycles. The van der Waals surface area contributed by atoms with Gasteiger partial charge in [-0.05, 0) is 25.9 Å².